The lowest BCUT2D eigenvalue weighted by Crippen LogP contribution is -2.40. The van der Waals surface area contributed by atoms with Crippen LogP contribution in [0.5, 0.6) is 0 Å². The molecule has 0 unspecified atom stereocenters. The molecule has 0 aromatic carbocycles. The maximum absolute atomic E-state index is 12.8. The number of carbonyl (C=O) groups excluding carboxylic acids is 1. The van der Waals surface area contributed by atoms with E-state index in [0.717, 1.165) is 17.9 Å². The summed E-state index contributed by atoms with van der Waals surface area (Å²) >= 11 is 0. The van der Waals surface area contributed by atoms with Crippen molar-refractivity contribution in [3.05, 3.63) is 17.5 Å². The molecular formula is C22H39N5O. The first-order chi connectivity index (χ1) is 12.4. The van der Waals surface area contributed by atoms with E-state index < -0.39 is 0 Å². The van der Waals surface area contributed by atoms with Gasteiger partial charge in [-0.3, -0.25) is 9.89 Å². The number of hydrogen-bond donors (Lipinski definition) is 3. The van der Waals surface area contributed by atoms with E-state index in [-0.39, 0.29) is 27.8 Å². The van der Waals surface area contributed by atoms with Gasteiger partial charge in [0.2, 0.25) is 0 Å². The maximum Gasteiger partial charge on any atom is 0.257 e. The van der Waals surface area contributed by atoms with Crippen LogP contribution in [0.1, 0.15) is 98.6 Å². The van der Waals surface area contributed by atoms with Gasteiger partial charge in [-0.05, 0) is 46.5 Å². The first kappa shape index (κ1) is 22.3. The summed E-state index contributed by atoms with van der Waals surface area (Å²) in [4.78, 5) is 17.7. The number of amides is 1. The van der Waals surface area contributed by atoms with Crippen LogP contribution in [0, 0.1) is 5.41 Å². The number of H-pyrrole nitrogens is 1. The zero-order valence-corrected chi connectivity index (χ0v) is 19.6. The molecule has 0 atom stereocenters. The number of imidazole rings is 1. The molecule has 0 saturated carbocycles. The smallest absolute Gasteiger partial charge is 0.257 e. The van der Waals surface area contributed by atoms with E-state index in [1.807, 2.05) is 25.3 Å². The Morgan fingerprint density at radius 2 is 1.61 bits per heavy atom. The number of hydrogen-bond acceptors (Lipinski definition) is 3. The van der Waals surface area contributed by atoms with Crippen molar-refractivity contribution in [1.82, 2.24) is 19.9 Å². The standard InChI is InChI=1S/C22H39N5O/c1-19(2,3)13-22(10,11)25-17-15(20(4,5)6)24-16-14(12-23-27(16)17)18(28)26-21(7,8)9/h12,23,25H,13H2,1-11H3,(H,26,28). The Morgan fingerprint density at radius 1 is 1.04 bits per heavy atom. The summed E-state index contributed by atoms with van der Waals surface area (Å²) in [5.41, 5.74) is 1.75. The summed E-state index contributed by atoms with van der Waals surface area (Å²) in [5, 5.41) is 9.97. The van der Waals surface area contributed by atoms with E-state index in [9.17, 15) is 4.79 Å². The Bertz CT molecular complexity index is 850. The molecule has 6 heteroatoms. The summed E-state index contributed by atoms with van der Waals surface area (Å²) in [6.07, 6.45) is 2.73. The van der Waals surface area contributed by atoms with Gasteiger partial charge in [-0.15, -0.1) is 0 Å². The molecule has 0 radical (unpaired) electrons. The fourth-order valence-corrected chi connectivity index (χ4v) is 3.82. The van der Waals surface area contributed by atoms with E-state index in [4.69, 9.17) is 4.98 Å². The summed E-state index contributed by atoms with van der Waals surface area (Å²) in [6, 6.07) is 0. The summed E-state index contributed by atoms with van der Waals surface area (Å²) in [5.74, 6) is 0.802. The van der Waals surface area contributed by atoms with Crippen molar-refractivity contribution in [3.8, 4) is 0 Å². The van der Waals surface area contributed by atoms with Crippen molar-refractivity contribution < 1.29 is 4.79 Å². The molecule has 158 valence electrons. The monoisotopic (exact) mass is 389 g/mol. The van der Waals surface area contributed by atoms with Crippen LogP contribution in [0.15, 0.2) is 6.20 Å². The van der Waals surface area contributed by atoms with Gasteiger partial charge in [-0.2, -0.15) is 0 Å². The predicted molar refractivity (Wildman–Crippen MR) is 117 cm³/mol. The van der Waals surface area contributed by atoms with Crippen LogP contribution in [0.4, 0.5) is 5.82 Å². The van der Waals surface area contributed by atoms with Crippen molar-refractivity contribution in [2.75, 3.05) is 5.32 Å². The zero-order chi connectivity index (χ0) is 21.7. The van der Waals surface area contributed by atoms with Crippen LogP contribution in [-0.4, -0.2) is 31.6 Å². The van der Waals surface area contributed by atoms with E-state index in [2.05, 4.69) is 71.1 Å². The fraction of sp³-hybridized carbons (Fsp3) is 0.727. The van der Waals surface area contributed by atoms with Gasteiger partial charge in [0.25, 0.3) is 5.91 Å². The van der Waals surface area contributed by atoms with E-state index in [1.54, 1.807) is 6.20 Å². The molecule has 0 aliphatic carbocycles. The van der Waals surface area contributed by atoms with E-state index >= 15 is 0 Å². The van der Waals surface area contributed by atoms with E-state index in [1.165, 1.54) is 0 Å². The molecule has 0 aliphatic heterocycles. The average molecular weight is 390 g/mol. The molecule has 2 aromatic rings. The van der Waals surface area contributed by atoms with Gasteiger partial charge >= 0.3 is 0 Å². The molecule has 2 heterocycles. The molecule has 2 aromatic heterocycles. The number of rotatable bonds is 4. The lowest BCUT2D eigenvalue weighted by molar-refractivity contribution is 0.0921. The van der Waals surface area contributed by atoms with Crippen LogP contribution in [0.2, 0.25) is 0 Å². The third-order valence-corrected chi connectivity index (χ3v) is 4.33. The molecule has 28 heavy (non-hydrogen) atoms. The molecule has 0 bridgehead atoms. The van der Waals surface area contributed by atoms with Crippen LogP contribution in [0.25, 0.3) is 5.65 Å². The number of anilines is 1. The molecule has 0 aliphatic rings. The van der Waals surface area contributed by atoms with Crippen LogP contribution < -0.4 is 10.6 Å². The highest BCUT2D eigenvalue weighted by Crippen LogP contribution is 2.35. The molecule has 3 N–H and O–H groups in total. The largest absolute Gasteiger partial charge is 0.364 e. The topological polar surface area (TPSA) is 74.2 Å². The number of nitrogens with one attached hydrogen (secondary N) is 3. The zero-order valence-electron chi connectivity index (χ0n) is 19.6. The van der Waals surface area contributed by atoms with Crippen molar-refractivity contribution in [2.24, 2.45) is 5.41 Å². The van der Waals surface area contributed by atoms with Crippen LogP contribution >= 0.6 is 0 Å². The normalized spacial score (nSPS) is 13.8. The summed E-state index contributed by atoms with van der Waals surface area (Å²) < 4.78 is 1.91. The SMILES string of the molecule is CC(C)(C)CC(C)(C)Nc1c(C(C)(C)C)nc2c(C(=O)NC(C)(C)C)c[nH]n12. The Balaban J connectivity index is 2.54. The molecular weight excluding hydrogens is 350 g/mol. The second-order valence-corrected chi connectivity index (χ2v) is 11.9. The Hall–Kier alpha value is -1.98. The van der Waals surface area contributed by atoms with Gasteiger partial charge in [0.15, 0.2) is 11.5 Å². The van der Waals surface area contributed by atoms with Crippen molar-refractivity contribution in [2.45, 2.75) is 99.1 Å². The minimum atomic E-state index is -0.305. The van der Waals surface area contributed by atoms with Gasteiger partial charge in [-0.25, -0.2) is 9.50 Å². The van der Waals surface area contributed by atoms with E-state index in [0.29, 0.717) is 11.2 Å². The van der Waals surface area contributed by atoms with Gasteiger partial charge in [0.1, 0.15) is 5.56 Å². The highest BCUT2D eigenvalue weighted by molar-refractivity contribution is 6.00. The number of aromatic amines is 1. The van der Waals surface area contributed by atoms with Gasteiger partial charge < -0.3 is 10.6 Å². The van der Waals surface area contributed by atoms with Gasteiger partial charge in [-0.1, -0.05) is 41.5 Å². The van der Waals surface area contributed by atoms with Gasteiger partial charge in [0.05, 0.1) is 5.69 Å². The van der Waals surface area contributed by atoms with Gasteiger partial charge in [0, 0.05) is 22.7 Å². The third kappa shape index (κ3) is 5.30. The molecule has 1 amide bonds. The molecule has 2 rings (SSSR count). The Morgan fingerprint density at radius 3 is 2.07 bits per heavy atom. The Kier molecular flexibility index (Phi) is 5.43. The second kappa shape index (κ2) is 6.82. The predicted octanol–water partition coefficient (Wildman–Crippen LogP) is 5.11. The maximum atomic E-state index is 12.8. The van der Waals surface area contributed by atoms with Crippen LogP contribution in [0.3, 0.4) is 0 Å². The summed E-state index contributed by atoms with van der Waals surface area (Å²) in [6.45, 7) is 23.5. The average Bonchev–Trinajstić information content (AvgIpc) is 2.92. The molecule has 0 fully saturated rings. The Labute approximate surface area is 169 Å². The van der Waals surface area contributed by atoms with Crippen LogP contribution in [-0.2, 0) is 5.41 Å². The molecule has 0 spiro atoms. The number of nitrogens with zero attached hydrogens (tertiary/aromatic N) is 2. The fourth-order valence-electron chi connectivity index (χ4n) is 3.82. The lowest BCUT2D eigenvalue weighted by Gasteiger charge is -2.34. The minimum Gasteiger partial charge on any atom is -0.364 e. The van der Waals surface area contributed by atoms with Crippen molar-refractivity contribution >= 4 is 17.4 Å². The second-order valence-electron chi connectivity index (χ2n) is 11.9. The third-order valence-electron chi connectivity index (χ3n) is 4.33. The number of carbonyl (C=O) groups is 1. The first-order valence-electron chi connectivity index (χ1n) is 10.1. The minimum absolute atomic E-state index is 0.121. The van der Waals surface area contributed by atoms with Crippen molar-refractivity contribution in [1.29, 1.82) is 0 Å². The highest BCUT2D eigenvalue weighted by atomic mass is 16.1. The summed E-state index contributed by atoms with van der Waals surface area (Å²) in [7, 11) is 0. The number of aromatic nitrogens is 3. The molecule has 6 nitrogen and oxygen atoms in total. The first-order valence-corrected chi connectivity index (χ1v) is 10.1. The lowest BCUT2D eigenvalue weighted by atomic mass is 9.81. The van der Waals surface area contributed by atoms with Crippen molar-refractivity contribution in [3.63, 3.8) is 0 Å². The quantitative estimate of drug-likeness (QED) is 0.680. The highest BCUT2D eigenvalue weighted by Gasteiger charge is 2.32. The molecule has 0 saturated heterocycles. The number of fused-ring (bicyclic) bond motifs is 1.